The third-order valence-electron chi connectivity index (χ3n) is 4.86. The Morgan fingerprint density at radius 2 is 2.03 bits per heavy atom. The van der Waals surface area contributed by atoms with Crippen molar-refractivity contribution in [2.45, 2.75) is 26.1 Å². The molecule has 1 aliphatic heterocycles. The van der Waals surface area contributed by atoms with Crippen molar-refractivity contribution in [1.82, 2.24) is 15.2 Å². The molecule has 7 heteroatoms. The topological polar surface area (TPSA) is 80.8 Å². The third-order valence-corrected chi connectivity index (χ3v) is 4.86. The molecule has 1 aliphatic rings. The summed E-state index contributed by atoms with van der Waals surface area (Å²) in [6, 6.07) is 13.1. The Hall–Kier alpha value is -2.77. The van der Waals surface area contributed by atoms with Crippen LogP contribution < -0.4 is 5.32 Å². The summed E-state index contributed by atoms with van der Waals surface area (Å²) in [5, 5.41) is 2.93. The molecule has 1 fully saturated rings. The first-order valence-corrected chi connectivity index (χ1v) is 9.76. The smallest absolute Gasteiger partial charge is 0.251 e. The van der Waals surface area contributed by atoms with Crippen molar-refractivity contribution in [2.75, 3.05) is 33.4 Å². The van der Waals surface area contributed by atoms with Gasteiger partial charge in [0, 0.05) is 44.8 Å². The quantitative estimate of drug-likeness (QED) is 0.774. The first-order chi connectivity index (χ1) is 14.1. The van der Waals surface area contributed by atoms with Crippen LogP contribution in [0.1, 0.15) is 40.3 Å². The number of carbonyl (C=O) groups is 2. The molecule has 2 aromatic rings. The zero-order valence-corrected chi connectivity index (χ0v) is 16.9. The van der Waals surface area contributed by atoms with Gasteiger partial charge in [-0.2, -0.15) is 0 Å². The molecule has 7 nitrogen and oxygen atoms in total. The van der Waals surface area contributed by atoms with Crippen molar-refractivity contribution in [1.29, 1.82) is 0 Å². The van der Waals surface area contributed by atoms with Crippen LogP contribution in [0.15, 0.2) is 42.5 Å². The molecule has 29 heavy (non-hydrogen) atoms. The Kier molecular flexibility index (Phi) is 7.32. The van der Waals surface area contributed by atoms with Crippen LogP contribution in [0.25, 0.3) is 0 Å². The largest absolute Gasteiger partial charge is 0.380 e. The van der Waals surface area contributed by atoms with Crippen LogP contribution in [0.5, 0.6) is 0 Å². The van der Waals surface area contributed by atoms with E-state index in [1.807, 2.05) is 30.3 Å². The number of nitrogens with one attached hydrogen (secondary N) is 1. The second-order valence-corrected chi connectivity index (χ2v) is 7.01. The first-order valence-electron chi connectivity index (χ1n) is 9.76. The summed E-state index contributed by atoms with van der Waals surface area (Å²) in [7, 11) is 1.64. The van der Waals surface area contributed by atoms with Crippen molar-refractivity contribution in [3.05, 3.63) is 65.0 Å². The number of pyridine rings is 1. The van der Waals surface area contributed by atoms with E-state index in [4.69, 9.17) is 9.47 Å². The molecule has 154 valence electrons. The van der Waals surface area contributed by atoms with Crippen LogP contribution in [-0.2, 0) is 27.3 Å². The predicted octanol–water partition coefficient (Wildman–Crippen LogP) is 2.12. The van der Waals surface area contributed by atoms with E-state index in [0.717, 1.165) is 17.0 Å². The Morgan fingerprint density at radius 3 is 2.76 bits per heavy atom. The lowest BCUT2D eigenvalue weighted by atomic mass is 10.1. The Bertz CT molecular complexity index is 838. The minimum atomic E-state index is -0.215. The highest BCUT2D eigenvalue weighted by Gasteiger charge is 2.24. The van der Waals surface area contributed by atoms with Crippen LogP contribution >= 0.6 is 0 Å². The highest BCUT2D eigenvalue weighted by atomic mass is 16.5. The van der Waals surface area contributed by atoms with Gasteiger partial charge in [0.25, 0.3) is 5.91 Å². The second-order valence-electron chi connectivity index (χ2n) is 7.01. The average Bonchev–Trinajstić information content (AvgIpc) is 2.75. The molecule has 2 heterocycles. The number of carbonyl (C=O) groups excluding carboxylic acids is 2. The Balaban J connectivity index is 1.52. The molecule has 1 saturated heterocycles. The van der Waals surface area contributed by atoms with Gasteiger partial charge >= 0.3 is 0 Å². The summed E-state index contributed by atoms with van der Waals surface area (Å²) < 4.78 is 10.9. The summed E-state index contributed by atoms with van der Waals surface area (Å²) in [6.45, 7) is 4.22. The zero-order chi connectivity index (χ0) is 20.6. The van der Waals surface area contributed by atoms with Gasteiger partial charge in [0.2, 0.25) is 5.91 Å². The SMILES string of the molecule is COCc1ccc(C(=O)NCCc2cccc(C3CN(C(C)=O)CCO3)n2)cc1. The van der Waals surface area contributed by atoms with Gasteiger partial charge in [-0.25, -0.2) is 0 Å². The molecule has 0 saturated carbocycles. The molecular formula is C22H27N3O4. The number of morpholine rings is 1. The van der Waals surface area contributed by atoms with E-state index in [2.05, 4.69) is 10.3 Å². The van der Waals surface area contributed by atoms with Crippen molar-refractivity contribution >= 4 is 11.8 Å². The van der Waals surface area contributed by atoms with Gasteiger partial charge in [-0.05, 0) is 29.8 Å². The van der Waals surface area contributed by atoms with Crippen molar-refractivity contribution in [2.24, 2.45) is 0 Å². The van der Waals surface area contributed by atoms with Crippen LogP contribution in [0, 0.1) is 0 Å². The van der Waals surface area contributed by atoms with E-state index in [-0.39, 0.29) is 17.9 Å². The fourth-order valence-electron chi connectivity index (χ4n) is 3.26. The van der Waals surface area contributed by atoms with Crippen LogP contribution in [0.3, 0.4) is 0 Å². The van der Waals surface area contributed by atoms with E-state index in [1.54, 1.807) is 31.1 Å². The van der Waals surface area contributed by atoms with Gasteiger partial charge < -0.3 is 19.7 Å². The molecule has 0 aliphatic carbocycles. The molecule has 1 N–H and O–H groups in total. The molecule has 3 rings (SSSR count). The lowest BCUT2D eigenvalue weighted by Gasteiger charge is -2.32. The van der Waals surface area contributed by atoms with Crippen LogP contribution in [0.4, 0.5) is 0 Å². The van der Waals surface area contributed by atoms with Crippen molar-refractivity contribution in [3.8, 4) is 0 Å². The summed E-state index contributed by atoms with van der Waals surface area (Å²) in [5.41, 5.74) is 3.33. The van der Waals surface area contributed by atoms with Gasteiger partial charge in [0.1, 0.15) is 6.10 Å². The highest BCUT2D eigenvalue weighted by molar-refractivity contribution is 5.94. The summed E-state index contributed by atoms with van der Waals surface area (Å²) >= 11 is 0. The monoisotopic (exact) mass is 397 g/mol. The number of nitrogens with zero attached hydrogens (tertiary/aromatic N) is 2. The van der Waals surface area contributed by atoms with E-state index < -0.39 is 0 Å². The van der Waals surface area contributed by atoms with Gasteiger partial charge in [-0.3, -0.25) is 14.6 Å². The van der Waals surface area contributed by atoms with Gasteiger partial charge in [0.15, 0.2) is 0 Å². The normalized spacial score (nSPS) is 16.5. The van der Waals surface area contributed by atoms with E-state index in [1.165, 1.54) is 0 Å². The fraction of sp³-hybridized carbons (Fsp3) is 0.409. The summed E-state index contributed by atoms with van der Waals surface area (Å²) in [6.07, 6.45) is 0.401. The minimum Gasteiger partial charge on any atom is -0.380 e. The van der Waals surface area contributed by atoms with Crippen molar-refractivity contribution < 1.29 is 19.1 Å². The average molecular weight is 397 g/mol. The minimum absolute atomic E-state index is 0.0485. The molecule has 2 amide bonds. The number of amides is 2. The summed E-state index contributed by atoms with van der Waals surface area (Å²) in [5.74, 6) is -0.0646. The zero-order valence-electron chi connectivity index (χ0n) is 16.9. The maximum absolute atomic E-state index is 12.3. The molecule has 1 atom stereocenters. The van der Waals surface area contributed by atoms with E-state index >= 15 is 0 Å². The van der Waals surface area contributed by atoms with E-state index in [9.17, 15) is 9.59 Å². The Morgan fingerprint density at radius 1 is 1.24 bits per heavy atom. The molecule has 0 radical (unpaired) electrons. The molecule has 0 bridgehead atoms. The maximum Gasteiger partial charge on any atom is 0.251 e. The van der Waals surface area contributed by atoms with Gasteiger partial charge in [-0.15, -0.1) is 0 Å². The molecular weight excluding hydrogens is 370 g/mol. The molecule has 1 unspecified atom stereocenters. The molecule has 1 aromatic heterocycles. The third kappa shape index (κ3) is 5.85. The van der Waals surface area contributed by atoms with E-state index in [0.29, 0.717) is 44.8 Å². The second kappa shape index (κ2) is 10.1. The van der Waals surface area contributed by atoms with Crippen LogP contribution in [-0.4, -0.2) is 55.0 Å². The maximum atomic E-state index is 12.3. The van der Waals surface area contributed by atoms with Gasteiger partial charge in [0.05, 0.1) is 25.5 Å². The number of hydrogen-bond acceptors (Lipinski definition) is 5. The number of methoxy groups -OCH3 is 1. The number of hydrogen-bond donors (Lipinski definition) is 1. The fourth-order valence-corrected chi connectivity index (χ4v) is 3.26. The standard InChI is InChI=1S/C22H27N3O4/c1-16(26)25-12-13-29-21(14-25)20-5-3-4-19(24-20)10-11-23-22(27)18-8-6-17(7-9-18)15-28-2/h3-9,21H,10-15H2,1-2H3,(H,23,27). The highest BCUT2D eigenvalue weighted by Crippen LogP contribution is 2.21. The summed E-state index contributed by atoms with van der Waals surface area (Å²) in [4.78, 5) is 30.4. The number of ether oxygens (including phenoxy) is 2. The number of rotatable bonds is 7. The van der Waals surface area contributed by atoms with Gasteiger partial charge in [-0.1, -0.05) is 18.2 Å². The Labute approximate surface area is 171 Å². The molecule has 1 aromatic carbocycles. The first kappa shape index (κ1) is 21.0. The lowest BCUT2D eigenvalue weighted by Crippen LogP contribution is -2.41. The number of aromatic nitrogens is 1. The predicted molar refractivity (Wildman–Crippen MR) is 108 cm³/mol. The lowest BCUT2D eigenvalue weighted by molar-refractivity contribution is -0.136. The molecule has 0 spiro atoms. The van der Waals surface area contributed by atoms with Crippen LogP contribution in [0.2, 0.25) is 0 Å². The van der Waals surface area contributed by atoms with Crippen molar-refractivity contribution in [3.63, 3.8) is 0 Å². The number of benzene rings is 1.